The van der Waals surface area contributed by atoms with Crippen molar-refractivity contribution in [3.63, 3.8) is 0 Å². The van der Waals surface area contributed by atoms with Crippen LogP contribution in [0.25, 0.3) is 0 Å². The molecule has 0 fully saturated rings. The molecule has 0 aliphatic rings. The van der Waals surface area contributed by atoms with Gasteiger partial charge in [-0.25, -0.2) is 14.2 Å². The number of rotatable bonds is 3. The van der Waals surface area contributed by atoms with Crippen molar-refractivity contribution in [3.05, 3.63) is 71.3 Å². The molecule has 2 rings (SSSR count). The lowest BCUT2D eigenvalue weighted by Crippen LogP contribution is -2.28. The fraction of sp³-hybridized carbons (Fsp3) is 0.0769. The highest BCUT2D eigenvalue weighted by Gasteiger charge is 2.13. The lowest BCUT2D eigenvalue weighted by Gasteiger charge is -2.16. The van der Waals surface area contributed by atoms with Crippen LogP contribution < -0.4 is 11.3 Å². The number of benzene rings is 2. The standard InChI is InChI=1S/C13H12F2N2/c14-11-7-6-10(8-12(11)15)13(17-16)9-4-2-1-3-5-9/h1-8,13,17H,16H2. The van der Waals surface area contributed by atoms with Crippen molar-refractivity contribution < 1.29 is 8.78 Å². The number of nitrogens with one attached hydrogen (secondary N) is 1. The maximum absolute atomic E-state index is 13.1. The van der Waals surface area contributed by atoms with Crippen LogP contribution in [0.2, 0.25) is 0 Å². The van der Waals surface area contributed by atoms with Gasteiger partial charge in [-0.1, -0.05) is 36.4 Å². The molecule has 17 heavy (non-hydrogen) atoms. The van der Waals surface area contributed by atoms with E-state index >= 15 is 0 Å². The first-order valence-electron chi connectivity index (χ1n) is 5.18. The molecule has 0 aliphatic carbocycles. The van der Waals surface area contributed by atoms with Gasteiger partial charge in [-0.05, 0) is 23.3 Å². The molecular formula is C13H12F2N2. The van der Waals surface area contributed by atoms with E-state index < -0.39 is 11.6 Å². The van der Waals surface area contributed by atoms with Gasteiger partial charge < -0.3 is 0 Å². The summed E-state index contributed by atoms with van der Waals surface area (Å²) in [5, 5.41) is 0. The maximum atomic E-state index is 13.1. The normalized spacial score (nSPS) is 12.4. The fourth-order valence-corrected chi connectivity index (χ4v) is 1.72. The molecule has 0 saturated carbocycles. The number of halogens is 2. The molecule has 0 saturated heterocycles. The Morgan fingerprint density at radius 2 is 1.59 bits per heavy atom. The average molecular weight is 234 g/mol. The summed E-state index contributed by atoms with van der Waals surface area (Å²) in [6.07, 6.45) is 0. The minimum absolute atomic E-state index is 0.355. The van der Waals surface area contributed by atoms with Gasteiger partial charge in [-0.15, -0.1) is 0 Å². The summed E-state index contributed by atoms with van der Waals surface area (Å²) in [6.45, 7) is 0. The van der Waals surface area contributed by atoms with Crippen LogP contribution in [-0.2, 0) is 0 Å². The minimum Gasteiger partial charge on any atom is -0.271 e. The highest BCUT2D eigenvalue weighted by Crippen LogP contribution is 2.22. The summed E-state index contributed by atoms with van der Waals surface area (Å²) in [5.74, 6) is 3.72. The molecule has 4 heteroatoms. The number of hydrogen-bond acceptors (Lipinski definition) is 2. The number of hydrazine groups is 1. The Labute approximate surface area is 98.0 Å². The molecule has 1 atom stereocenters. The van der Waals surface area contributed by atoms with Gasteiger partial charge in [0.25, 0.3) is 0 Å². The molecule has 88 valence electrons. The Balaban J connectivity index is 2.39. The Morgan fingerprint density at radius 1 is 0.882 bits per heavy atom. The predicted molar refractivity (Wildman–Crippen MR) is 62.0 cm³/mol. The zero-order chi connectivity index (χ0) is 12.3. The lowest BCUT2D eigenvalue weighted by atomic mass is 9.99. The molecule has 0 aromatic heterocycles. The highest BCUT2D eigenvalue weighted by atomic mass is 19.2. The Morgan fingerprint density at radius 3 is 2.18 bits per heavy atom. The van der Waals surface area contributed by atoms with Crippen LogP contribution in [0.4, 0.5) is 8.78 Å². The van der Waals surface area contributed by atoms with Crippen molar-refractivity contribution >= 4 is 0 Å². The van der Waals surface area contributed by atoms with E-state index in [2.05, 4.69) is 5.43 Å². The van der Waals surface area contributed by atoms with Crippen molar-refractivity contribution in [1.29, 1.82) is 0 Å². The highest BCUT2D eigenvalue weighted by molar-refractivity contribution is 5.32. The molecule has 2 aromatic rings. The van der Waals surface area contributed by atoms with Gasteiger partial charge in [0.1, 0.15) is 0 Å². The molecular weight excluding hydrogens is 222 g/mol. The topological polar surface area (TPSA) is 38.0 Å². The first-order chi connectivity index (χ1) is 8.22. The van der Waals surface area contributed by atoms with E-state index in [0.717, 1.165) is 17.7 Å². The molecule has 3 N–H and O–H groups in total. The third-order valence-corrected chi connectivity index (χ3v) is 2.58. The third kappa shape index (κ3) is 2.49. The van der Waals surface area contributed by atoms with Gasteiger partial charge >= 0.3 is 0 Å². The van der Waals surface area contributed by atoms with Crippen molar-refractivity contribution in [2.24, 2.45) is 5.84 Å². The summed E-state index contributed by atoms with van der Waals surface area (Å²) >= 11 is 0. The van der Waals surface area contributed by atoms with Crippen molar-refractivity contribution in [2.45, 2.75) is 6.04 Å². The van der Waals surface area contributed by atoms with Gasteiger partial charge in [0.2, 0.25) is 0 Å². The van der Waals surface area contributed by atoms with Gasteiger partial charge in [0.15, 0.2) is 11.6 Å². The van der Waals surface area contributed by atoms with Crippen LogP contribution >= 0.6 is 0 Å². The largest absolute Gasteiger partial charge is 0.271 e. The smallest absolute Gasteiger partial charge is 0.159 e. The SMILES string of the molecule is NNC(c1ccccc1)c1ccc(F)c(F)c1. The third-order valence-electron chi connectivity index (χ3n) is 2.58. The van der Waals surface area contributed by atoms with Gasteiger partial charge in [0.05, 0.1) is 6.04 Å². The Kier molecular flexibility index (Phi) is 3.46. The molecule has 0 spiro atoms. The second kappa shape index (κ2) is 5.03. The minimum atomic E-state index is -0.876. The van der Waals surface area contributed by atoms with E-state index in [0.29, 0.717) is 5.56 Å². The van der Waals surface area contributed by atoms with Gasteiger partial charge in [0, 0.05) is 0 Å². The maximum Gasteiger partial charge on any atom is 0.159 e. The molecule has 1 unspecified atom stereocenters. The zero-order valence-corrected chi connectivity index (χ0v) is 9.03. The zero-order valence-electron chi connectivity index (χ0n) is 9.03. The second-order valence-electron chi connectivity index (χ2n) is 3.68. The summed E-state index contributed by atoms with van der Waals surface area (Å²) in [6, 6.07) is 12.7. The van der Waals surface area contributed by atoms with Gasteiger partial charge in [-0.3, -0.25) is 5.84 Å². The van der Waals surface area contributed by atoms with E-state index in [1.807, 2.05) is 30.3 Å². The van der Waals surface area contributed by atoms with Crippen molar-refractivity contribution in [3.8, 4) is 0 Å². The Bertz CT molecular complexity index is 500. The average Bonchev–Trinajstić information content (AvgIpc) is 2.36. The van der Waals surface area contributed by atoms with E-state index in [9.17, 15) is 8.78 Å². The van der Waals surface area contributed by atoms with E-state index in [1.54, 1.807) is 0 Å². The summed E-state index contributed by atoms with van der Waals surface area (Å²) in [4.78, 5) is 0. The molecule has 0 bridgehead atoms. The van der Waals surface area contributed by atoms with E-state index in [1.165, 1.54) is 6.07 Å². The molecule has 0 aliphatic heterocycles. The second-order valence-corrected chi connectivity index (χ2v) is 3.68. The van der Waals surface area contributed by atoms with Crippen molar-refractivity contribution in [2.75, 3.05) is 0 Å². The van der Waals surface area contributed by atoms with Crippen LogP contribution in [0, 0.1) is 11.6 Å². The van der Waals surface area contributed by atoms with Crippen LogP contribution in [0.15, 0.2) is 48.5 Å². The molecule has 0 heterocycles. The molecule has 0 radical (unpaired) electrons. The fourth-order valence-electron chi connectivity index (χ4n) is 1.72. The Hall–Kier alpha value is -1.78. The first kappa shape index (κ1) is 11.7. The number of hydrogen-bond donors (Lipinski definition) is 2. The first-order valence-corrected chi connectivity index (χ1v) is 5.18. The predicted octanol–water partition coefficient (Wildman–Crippen LogP) is 2.52. The van der Waals surface area contributed by atoms with Crippen LogP contribution in [0.1, 0.15) is 17.2 Å². The summed E-state index contributed by atoms with van der Waals surface area (Å²) in [7, 11) is 0. The molecule has 2 nitrogen and oxygen atoms in total. The van der Waals surface area contributed by atoms with Crippen LogP contribution in [-0.4, -0.2) is 0 Å². The van der Waals surface area contributed by atoms with E-state index in [4.69, 9.17) is 5.84 Å². The summed E-state index contributed by atoms with van der Waals surface area (Å²) in [5.41, 5.74) is 4.06. The van der Waals surface area contributed by atoms with E-state index in [-0.39, 0.29) is 6.04 Å². The van der Waals surface area contributed by atoms with Crippen LogP contribution in [0.3, 0.4) is 0 Å². The quantitative estimate of drug-likeness (QED) is 0.632. The van der Waals surface area contributed by atoms with Crippen molar-refractivity contribution in [1.82, 2.24) is 5.43 Å². The summed E-state index contributed by atoms with van der Waals surface area (Å²) < 4.78 is 26.0. The van der Waals surface area contributed by atoms with Gasteiger partial charge in [-0.2, -0.15) is 0 Å². The number of nitrogens with two attached hydrogens (primary N) is 1. The molecule has 0 amide bonds. The monoisotopic (exact) mass is 234 g/mol. The van der Waals surface area contributed by atoms with Crippen LogP contribution in [0.5, 0.6) is 0 Å². The molecule has 2 aromatic carbocycles. The lowest BCUT2D eigenvalue weighted by molar-refractivity contribution is 0.504.